The summed E-state index contributed by atoms with van der Waals surface area (Å²) >= 11 is 0. The average molecular weight is 468 g/mol. The number of carbonyl (C=O) groups is 4. The summed E-state index contributed by atoms with van der Waals surface area (Å²) in [6, 6.07) is 0. The predicted octanol–water partition coefficient (Wildman–Crippen LogP) is 2.78. The van der Waals surface area contributed by atoms with Crippen molar-refractivity contribution in [2.45, 2.75) is 79.6 Å². The Hall–Kier alpha value is -2.50. The monoisotopic (exact) mass is 468 g/mol. The maximum absolute atomic E-state index is 13.6. The van der Waals surface area contributed by atoms with Gasteiger partial charge in [0.25, 0.3) is 6.43 Å². The average Bonchev–Trinajstić information content (AvgIpc) is 2.65. The zero-order valence-electron chi connectivity index (χ0n) is 19.6. The van der Waals surface area contributed by atoms with Gasteiger partial charge in [-0.25, -0.2) is 23.2 Å². The molecule has 0 heterocycles. The minimum atomic E-state index is -3.32. The van der Waals surface area contributed by atoms with Crippen molar-refractivity contribution >= 4 is 24.0 Å². The molecule has 0 spiro atoms. The van der Waals surface area contributed by atoms with Gasteiger partial charge in [0, 0.05) is 6.92 Å². The van der Waals surface area contributed by atoms with Crippen molar-refractivity contribution in [3.8, 4) is 0 Å². The molecule has 2 unspecified atom stereocenters. The largest absolute Gasteiger partial charge is 0.448 e. The van der Waals surface area contributed by atoms with Crippen molar-refractivity contribution in [1.82, 2.24) is 5.06 Å². The molecule has 12 heteroatoms. The second-order valence-electron chi connectivity index (χ2n) is 8.44. The summed E-state index contributed by atoms with van der Waals surface area (Å²) in [6.45, 7) is 10.1. The molecule has 0 aromatic heterocycles. The summed E-state index contributed by atoms with van der Waals surface area (Å²) in [5, 5.41) is 0.585. The number of esters is 2. The van der Waals surface area contributed by atoms with Crippen LogP contribution < -0.4 is 5.73 Å². The van der Waals surface area contributed by atoms with Gasteiger partial charge >= 0.3 is 24.0 Å². The van der Waals surface area contributed by atoms with Crippen LogP contribution in [0.25, 0.3) is 0 Å². The third-order valence-electron chi connectivity index (χ3n) is 4.02. The molecule has 0 aliphatic heterocycles. The van der Waals surface area contributed by atoms with Crippen molar-refractivity contribution in [3.63, 3.8) is 0 Å². The molecule has 186 valence electrons. The molecule has 10 nitrogen and oxygen atoms in total. The second-order valence-corrected chi connectivity index (χ2v) is 8.44. The second kappa shape index (κ2) is 12.5. The van der Waals surface area contributed by atoms with Crippen LogP contribution in [0.5, 0.6) is 0 Å². The normalized spacial score (nSPS) is 14.4. The smallest absolute Gasteiger partial charge is 0.443 e. The lowest BCUT2D eigenvalue weighted by molar-refractivity contribution is -0.196. The van der Waals surface area contributed by atoms with Gasteiger partial charge in [-0.05, 0) is 40.5 Å². The van der Waals surface area contributed by atoms with Crippen molar-refractivity contribution in [2.24, 2.45) is 17.1 Å². The molecule has 32 heavy (non-hydrogen) atoms. The van der Waals surface area contributed by atoms with Gasteiger partial charge in [-0.15, -0.1) is 5.06 Å². The fraction of sp³-hybridized carbons (Fsp3) is 0.800. The third kappa shape index (κ3) is 9.33. The van der Waals surface area contributed by atoms with E-state index >= 15 is 0 Å². The number of hydrogen-bond acceptors (Lipinski definition) is 9. The Labute approximate surface area is 186 Å². The van der Waals surface area contributed by atoms with E-state index in [1.54, 1.807) is 34.6 Å². The SMILES string of the molecule is CCOC(=O)N(CCCC(N)(C(=O)OC(C)OC(=O)C(C)C)C(F)F)OC(=O)C(C)(C)C. The first-order chi connectivity index (χ1) is 14.6. The van der Waals surface area contributed by atoms with E-state index in [2.05, 4.69) is 0 Å². The van der Waals surface area contributed by atoms with E-state index in [4.69, 9.17) is 24.8 Å². The van der Waals surface area contributed by atoms with Crippen LogP contribution in [0.4, 0.5) is 13.6 Å². The van der Waals surface area contributed by atoms with Crippen LogP contribution in [-0.4, -0.2) is 60.5 Å². The molecule has 2 atom stereocenters. The first-order valence-electron chi connectivity index (χ1n) is 10.2. The summed E-state index contributed by atoms with van der Waals surface area (Å²) in [5.74, 6) is -3.43. The molecule has 0 saturated heterocycles. The van der Waals surface area contributed by atoms with Crippen LogP contribution in [-0.2, 0) is 33.4 Å². The Kier molecular flexibility index (Phi) is 11.5. The fourth-order valence-corrected chi connectivity index (χ4v) is 2.01. The molecule has 0 saturated carbocycles. The van der Waals surface area contributed by atoms with E-state index in [-0.39, 0.29) is 19.6 Å². The minimum absolute atomic E-state index is 0.0143. The number of halogens is 2. The molecule has 0 aliphatic carbocycles. The molecule has 1 amide bonds. The summed E-state index contributed by atoms with van der Waals surface area (Å²) in [5.41, 5.74) is 1.92. The molecule has 0 bridgehead atoms. The Morgan fingerprint density at radius 3 is 2.00 bits per heavy atom. The van der Waals surface area contributed by atoms with Crippen molar-refractivity contribution in [3.05, 3.63) is 0 Å². The molecular weight excluding hydrogens is 434 g/mol. The fourth-order valence-electron chi connectivity index (χ4n) is 2.01. The summed E-state index contributed by atoms with van der Waals surface area (Å²) in [6.07, 6.45) is -6.63. The topological polar surface area (TPSA) is 134 Å². The quantitative estimate of drug-likeness (QED) is 0.292. The lowest BCUT2D eigenvalue weighted by Gasteiger charge is -2.29. The van der Waals surface area contributed by atoms with Crippen LogP contribution in [0.3, 0.4) is 0 Å². The van der Waals surface area contributed by atoms with E-state index in [0.717, 1.165) is 0 Å². The lowest BCUT2D eigenvalue weighted by Crippen LogP contribution is -2.56. The van der Waals surface area contributed by atoms with Gasteiger partial charge < -0.3 is 24.8 Å². The number of hydrogen-bond donors (Lipinski definition) is 1. The van der Waals surface area contributed by atoms with Crippen LogP contribution >= 0.6 is 0 Å². The molecule has 0 rings (SSSR count). The van der Waals surface area contributed by atoms with Crippen molar-refractivity contribution in [1.29, 1.82) is 0 Å². The van der Waals surface area contributed by atoms with E-state index in [1.807, 2.05) is 0 Å². The number of nitrogens with two attached hydrogens (primary N) is 1. The number of carbonyl (C=O) groups excluding carboxylic acids is 4. The van der Waals surface area contributed by atoms with Gasteiger partial charge in [-0.3, -0.25) is 4.79 Å². The summed E-state index contributed by atoms with van der Waals surface area (Å²) in [4.78, 5) is 53.0. The van der Waals surface area contributed by atoms with Gasteiger partial charge in [0.05, 0.1) is 24.5 Å². The lowest BCUT2D eigenvalue weighted by atomic mass is 9.95. The maximum Gasteiger partial charge on any atom is 0.443 e. The Balaban J connectivity index is 5.20. The minimum Gasteiger partial charge on any atom is -0.448 e. The number of ether oxygens (including phenoxy) is 3. The highest BCUT2D eigenvalue weighted by molar-refractivity contribution is 5.81. The van der Waals surface area contributed by atoms with Gasteiger partial charge in [0.15, 0.2) is 5.54 Å². The molecule has 0 aromatic rings. The highest BCUT2D eigenvalue weighted by Crippen LogP contribution is 2.23. The van der Waals surface area contributed by atoms with E-state index in [9.17, 15) is 28.0 Å². The zero-order valence-corrected chi connectivity index (χ0v) is 19.6. The molecule has 0 radical (unpaired) electrons. The number of hydroxylamine groups is 2. The highest BCUT2D eigenvalue weighted by atomic mass is 19.3. The molecule has 0 aliphatic rings. The van der Waals surface area contributed by atoms with E-state index in [1.165, 1.54) is 13.8 Å². The Morgan fingerprint density at radius 1 is 1.00 bits per heavy atom. The summed E-state index contributed by atoms with van der Waals surface area (Å²) < 4.78 is 41.6. The summed E-state index contributed by atoms with van der Waals surface area (Å²) in [7, 11) is 0. The van der Waals surface area contributed by atoms with Gasteiger partial charge in [-0.2, -0.15) is 0 Å². The van der Waals surface area contributed by atoms with Crippen LogP contribution in [0.15, 0.2) is 0 Å². The number of nitrogens with zero attached hydrogens (tertiary/aromatic N) is 1. The van der Waals surface area contributed by atoms with Gasteiger partial charge in [0.1, 0.15) is 0 Å². The number of amides is 1. The first kappa shape index (κ1) is 29.5. The van der Waals surface area contributed by atoms with Gasteiger partial charge in [-0.1, -0.05) is 13.8 Å². The number of alkyl halides is 2. The zero-order chi connectivity index (χ0) is 25.3. The molecular formula is C20H34F2N2O8. The predicted molar refractivity (Wildman–Crippen MR) is 108 cm³/mol. The van der Waals surface area contributed by atoms with Crippen LogP contribution in [0.2, 0.25) is 0 Å². The highest BCUT2D eigenvalue weighted by Gasteiger charge is 2.46. The standard InChI is InChI=1S/C20H34F2N2O8/c1-8-29-18(28)24(32-16(26)19(5,6)7)11-9-10-20(23,15(21)22)17(27)31-13(4)30-14(25)12(2)3/h12-13,15H,8-11,23H2,1-7H3. The number of rotatable bonds is 10. The van der Waals surface area contributed by atoms with E-state index in [0.29, 0.717) is 5.06 Å². The first-order valence-corrected chi connectivity index (χ1v) is 10.2. The van der Waals surface area contributed by atoms with Gasteiger partial charge in [0.2, 0.25) is 6.29 Å². The molecule has 0 fully saturated rings. The molecule has 0 aromatic carbocycles. The Bertz CT molecular complexity index is 666. The van der Waals surface area contributed by atoms with E-state index < -0.39 is 60.0 Å². The third-order valence-corrected chi connectivity index (χ3v) is 4.02. The van der Waals surface area contributed by atoms with Crippen molar-refractivity contribution < 1.29 is 47.0 Å². The van der Waals surface area contributed by atoms with Crippen LogP contribution in [0.1, 0.15) is 61.3 Å². The molecule has 2 N–H and O–H groups in total. The van der Waals surface area contributed by atoms with Crippen LogP contribution in [0, 0.1) is 11.3 Å². The van der Waals surface area contributed by atoms with Crippen molar-refractivity contribution in [2.75, 3.05) is 13.2 Å². The Morgan fingerprint density at radius 2 is 1.56 bits per heavy atom. The maximum atomic E-state index is 13.6.